The molecule has 1 heterocycles. The van der Waals surface area contributed by atoms with E-state index in [1.165, 1.54) is 6.33 Å². The normalized spacial score (nSPS) is 12.6. The van der Waals surface area contributed by atoms with Crippen molar-refractivity contribution in [1.82, 2.24) is 20.5 Å². The second-order valence-electron chi connectivity index (χ2n) is 3.71. The summed E-state index contributed by atoms with van der Waals surface area (Å²) in [5.74, 6) is 0.818. The maximum atomic E-state index is 6.13. The minimum atomic E-state index is 0.109. The fourth-order valence-corrected chi connectivity index (χ4v) is 2.19. The molecule has 0 aliphatic heterocycles. The van der Waals surface area contributed by atoms with Crippen molar-refractivity contribution in [2.75, 3.05) is 0 Å². The molecule has 1 aromatic heterocycles. The molecule has 2 rings (SSSR count). The van der Waals surface area contributed by atoms with E-state index in [-0.39, 0.29) is 6.04 Å². The summed E-state index contributed by atoms with van der Waals surface area (Å²) in [6, 6.07) is 5.96. The predicted octanol–water partition coefficient (Wildman–Crippen LogP) is 3.07. The zero-order valence-corrected chi connectivity index (χ0v) is 11.6. The summed E-state index contributed by atoms with van der Waals surface area (Å²) in [6.45, 7) is 2.71. The number of H-pyrrole nitrogens is 1. The second-order valence-corrected chi connectivity index (χ2v) is 5.03. The molecular weight excluding hydrogens is 304 g/mol. The quantitative estimate of drug-likeness (QED) is 0.911. The van der Waals surface area contributed by atoms with Crippen molar-refractivity contribution in [2.45, 2.75) is 19.5 Å². The summed E-state index contributed by atoms with van der Waals surface area (Å²) in [4.78, 5) is 4.10. The molecule has 0 spiro atoms. The summed E-state index contributed by atoms with van der Waals surface area (Å²) in [5, 5.41) is 10.7. The van der Waals surface area contributed by atoms with Crippen LogP contribution in [-0.2, 0) is 6.54 Å². The molecule has 1 aromatic carbocycles. The molecule has 2 N–H and O–H groups in total. The molecule has 0 radical (unpaired) electrons. The van der Waals surface area contributed by atoms with Crippen LogP contribution in [0.5, 0.6) is 0 Å². The van der Waals surface area contributed by atoms with E-state index in [0.717, 1.165) is 20.9 Å². The second kappa shape index (κ2) is 5.62. The van der Waals surface area contributed by atoms with Crippen molar-refractivity contribution in [3.8, 4) is 0 Å². The van der Waals surface area contributed by atoms with Crippen molar-refractivity contribution in [3.63, 3.8) is 0 Å². The van der Waals surface area contributed by atoms with Crippen molar-refractivity contribution < 1.29 is 0 Å². The lowest BCUT2D eigenvalue weighted by Gasteiger charge is -2.12. The molecule has 0 aliphatic carbocycles. The lowest BCUT2D eigenvalue weighted by Crippen LogP contribution is -2.19. The van der Waals surface area contributed by atoms with E-state index in [9.17, 15) is 0 Å². The van der Waals surface area contributed by atoms with Crippen molar-refractivity contribution in [2.24, 2.45) is 0 Å². The lowest BCUT2D eigenvalue weighted by atomic mass is 10.2. The summed E-state index contributed by atoms with van der Waals surface area (Å²) in [5.41, 5.74) is 1.06. The summed E-state index contributed by atoms with van der Waals surface area (Å²) in [7, 11) is 0. The molecule has 0 amide bonds. The Hall–Kier alpha value is -0.910. The molecule has 1 atom stereocenters. The van der Waals surface area contributed by atoms with Crippen LogP contribution in [0, 0.1) is 0 Å². The highest BCUT2D eigenvalue weighted by atomic mass is 79.9. The third kappa shape index (κ3) is 3.28. The summed E-state index contributed by atoms with van der Waals surface area (Å²) < 4.78 is 0.981. The van der Waals surface area contributed by atoms with Gasteiger partial charge in [0.15, 0.2) is 0 Å². The molecule has 0 saturated heterocycles. The first-order valence-electron chi connectivity index (χ1n) is 5.19. The van der Waals surface area contributed by atoms with Gasteiger partial charge < -0.3 is 5.32 Å². The SMILES string of the molecule is CC(NCc1ccc(Br)cc1Cl)c1ncn[nH]1. The molecule has 4 nitrogen and oxygen atoms in total. The number of nitrogens with zero attached hydrogens (tertiary/aromatic N) is 2. The molecular formula is C11H12BrClN4. The van der Waals surface area contributed by atoms with Gasteiger partial charge in [-0.2, -0.15) is 5.10 Å². The number of hydrogen-bond donors (Lipinski definition) is 2. The van der Waals surface area contributed by atoms with Crippen LogP contribution in [0.2, 0.25) is 5.02 Å². The molecule has 6 heteroatoms. The van der Waals surface area contributed by atoms with Crippen LogP contribution in [0.4, 0.5) is 0 Å². The minimum absolute atomic E-state index is 0.109. The first-order chi connectivity index (χ1) is 8.16. The molecule has 1 unspecified atom stereocenters. The first kappa shape index (κ1) is 12.5. The Balaban J connectivity index is 1.98. The van der Waals surface area contributed by atoms with Gasteiger partial charge in [0.1, 0.15) is 12.2 Å². The van der Waals surface area contributed by atoms with Crippen LogP contribution in [0.15, 0.2) is 29.0 Å². The van der Waals surface area contributed by atoms with Crippen LogP contribution in [0.3, 0.4) is 0 Å². The third-order valence-electron chi connectivity index (χ3n) is 2.46. The van der Waals surface area contributed by atoms with Gasteiger partial charge in [0.05, 0.1) is 6.04 Å². The summed E-state index contributed by atoms with van der Waals surface area (Å²) >= 11 is 9.51. The summed E-state index contributed by atoms with van der Waals surface area (Å²) in [6.07, 6.45) is 1.50. The molecule has 2 aromatic rings. The predicted molar refractivity (Wildman–Crippen MR) is 70.8 cm³/mol. The van der Waals surface area contributed by atoms with E-state index in [1.54, 1.807) is 0 Å². The van der Waals surface area contributed by atoms with Gasteiger partial charge in [0.25, 0.3) is 0 Å². The van der Waals surface area contributed by atoms with E-state index in [2.05, 4.69) is 36.4 Å². The van der Waals surface area contributed by atoms with Gasteiger partial charge in [-0.1, -0.05) is 33.6 Å². The van der Waals surface area contributed by atoms with Crippen molar-refractivity contribution in [1.29, 1.82) is 0 Å². The lowest BCUT2D eigenvalue weighted by molar-refractivity contribution is 0.548. The standard InChI is InChI=1S/C11H12BrClN4/c1-7(11-15-6-16-17-11)14-5-8-2-3-9(12)4-10(8)13/h2-4,6-7,14H,5H2,1H3,(H,15,16,17). The Labute approximate surface area is 113 Å². The van der Waals surface area contributed by atoms with Gasteiger partial charge in [-0.25, -0.2) is 4.98 Å². The van der Waals surface area contributed by atoms with Gasteiger partial charge in [0.2, 0.25) is 0 Å². The molecule has 0 fully saturated rings. The molecule has 0 bridgehead atoms. The molecule has 17 heavy (non-hydrogen) atoms. The highest BCUT2D eigenvalue weighted by molar-refractivity contribution is 9.10. The van der Waals surface area contributed by atoms with E-state index >= 15 is 0 Å². The Morgan fingerprint density at radius 3 is 3.00 bits per heavy atom. The zero-order chi connectivity index (χ0) is 12.3. The molecule has 90 valence electrons. The van der Waals surface area contributed by atoms with Gasteiger partial charge in [-0.3, -0.25) is 5.10 Å². The van der Waals surface area contributed by atoms with Crippen molar-refractivity contribution in [3.05, 3.63) is 45.4 Å². The van der Waals surface area contributed by atoms with Crippen LogP contribution < -0.4 is 5.32 Å². The Morgan fingerprint density at radius 1 is 1.53 bits per heavy atom. The smallest absolute Gasteiger partial charge is 0.141 e. The van der Waals surface area contributed by atoms with E-state index < -0.39 is 0 Å². The van der Waals surface area contributed by atoms with E-state index in [4.69, 9.17) is 11.6 Å². The van der Waals surface area contributed by atoms with Crippen molar-refractivity contribution >= 4 is 27.5 Å². The number of nitrogens with one attached hydrogen (secondary N) is 2. The van der Waals surface area contributed by atoms with Crippen LogP contribution >= 0.6 is 27.5 Å². The van der Waals surface area contributed by atoms with Crippen LogP contribution in [0.25, 0.3) is 0 Å². The van der Waals surface area contributed by atoms with Gasteiger partial charge in [-0.05, 0) is 24.6 Å². The third-order valence-corrected chi connectivity index (χ3v) is 3.30. The monoisotopic (exact) mass is 314 g/mol. The van der Waals surface area contributed by atoms with Crippen LogP contribution in [0.1, 0.15) is 24.4 Å². The number of benzene rings is 1. The zero-order valence-electron chi connectivity index (χ0n) is 9.24. The number of rotatable bonds is 4. The largest absolute Gasteiger partial charge is 0.303 e. The maximum Gasteiger partial charge on any atom is 0.141 e. The highest BCUT2D eigenvalue weighted by Gasteiger charge is 2.08. The topological polar surface area (TPSA) is 53.6 Å². The number of halogens is 2. The Kier molecular flexibility index (Phi) is 4.15. The highest BCUT2D eigenvalue weighted by Crippen LogP contribution is 2.21. The van der Waals surface area contributed by atoms with E-state index in [1.807, 2.05) is 25.1 Å². The molecule has 0 aliphatic rings. The fraction of sp³-hybridized carbons (Fsp3) is 0.273. The first-order valence-corrected chi connectivity index (χ1v) is 6.36. The average Bonchev–Trinajstić information content (AvgIpc) is 2.81. The number of hydrogen-bond acceptors (Lipinski definition) is 3. The van der Waals surface area contributed by atoms with Gasteiger partial charge in [0, 0.05) is 16.0 Å². The minimum Gasteiger partial charge on any atom is -0.303 e. The maximum absolute atomic E-state index is 6.13. The van der Waals surface area contributed by atoms with E-state index in [0.29, 0.717) is 6.54 Å². The average molecular weight is 316 g/mol. The Morgan fingerprint density at radius 2 is 2.35 bits per heavy atom. The van der Waals surface area contributed by atoms with Crippen LogP contribution in [-0.4, -0.2) is 15.2 Å². The molecule has 0 saturated carbocycles. The Bertz CT molecular complexity index is 486. The number of aromatic nitrogens is 3. The van der Waals surface area contributed by atoms with Gasteiger partial charge >= 0.3 is 0 Å². The van der Waals surface area contributed by atoms with Gasteiger partial charge in [-0.15, -0.1) is 0 Å². The number of aromatic amines is 1. The fourth-order valence-electron chi connectivity index (χ4n) is 1.45.